The Labute approximate surface area is 132 Å². The number of H-pyrrole nitrogens is 2. The van der Waals surface area contributed by atoms with Gasteiger partial charge in [-0.15, -0.1) is 0 Å². The zero-order valence-corrected chi connectivity index (χ0v) is 12.9. The molecule has 2 aromatic carbocycles. The number of carbonyl (C=O) groups excluding carboxylic acids is 1. The van der Waals surface area contributed by atoms with E-state index in [4.69, 9.17) is 0 Å². The van der Waals surface area contributed by atoms with Crippen molar-refractivity contribution in [3.05, 3.63) is 59.4 Å². The van der Waals surface area contributed by atoms with Crippen LogP contribution in [0.2, 0.25) is 0 Å². The van der Waals surface area contributed by atoms with Crippen LogP contribution in [0.3, 0.4) is 0 Å². The van der Waals surface area contributed by atoms with Gasteiger partial charge >= 0.3 is 0 Å². The molecule has 0 saturated carbocycles. The Hall–Kier alpha value is -3.08. The van der Waals surface area contributed by atoms with Crippen molar-refractivity contribution in [1.29, 1.82) is 0 Å². The molecule has 0 unspecified atom stereocenters. The second kappa shape index (κ2) is 4.98. The Morgan fingerprint density at radius 1 is 1.04 bits per heavy atom. The van der Waals surface area contributed by atoms with Crippen molar-refractivity contribution in [3.8, 4) is 0 Å². The van der Waals surface area contributed by atoms with Crippen LogP contribution in [0.4, 0.5) is 5.69 Å². The van der Waals surface area contributed by atoms with Crippen molar-refractivity contribution in [2.45, 2.75) is 13.8 Å². The molecule has 2 heterocycles. The van der Waals surface area contributed by atoms with Gasteiger partial charge in [0.2, 0.25) is 0 Å². The lowest BCUT2D eigenvalue weighted by atomic mass is 10.1. The van der Waals surface area contributed by atoms with E-state index in [1.807, 2.05) is 50.2 Å². The highest BCUT2D eigenvalue weighted by Gasteiger charge is 2.14. The number of hydrogen-bond acceptors (Lipinski definition) is 2. The van der Waals surface area contributed by atoms with Crippen molar-refractivity contribution < 1.29 is 4.79 Å². The summed E-state index contributed by atoms with van der Waals surface area (Å²) in [6.45, 7) is 4.01. The third-order valence-corrected chi connectivity index (χ3v) is 3.95. The second-order valence-corrected chi connectivity index (χ2v) is 5.83. The number of aromatic amines is 2. The zero-order valence-electron chi connectivity index (χ0n) is 12.9. The van der Waals surface area contributed by atoms with Gasteiger partial charge in [0.1, 0.15) is 0 Å². The molecule has 0 radical (unpaired) electrons. The predicted octanol–water partition coefficient (Wildman–Crippen LogP) is 3.91. The number of benzene rings is 2. The van der Waals surface area contributed by atoms with Gasteiger partial charge in [0.25, 0.3) is 5.91 Å². The number of carbonyl (C=O) groups is 1. The molecule has 0 saturated heterocycles. The summed E-state index contributed by atoms with van der Waals surface area (Å²) in [6, 6.07) is 13.7. The number of aromatic nitrogens is 3. The number of amides is 1. The normalized spacial score (nSPS) is 11.2. The molecule has 0 fully saturated rings. The van der Waals surface area contributed by atoms with Gasteiger partial charge in [-0.2, -0.15) is 5.10 Å². The van der Waals surface area contributed by atoms with Gasteiger partial charge in [0.15, 0.2) is 5.69 Å². The van der Waals surface area contributed by atoms with Gasteiger partial charge in [-0.3, -0.25) is 9.89 Å². The van der Waals surface area contributed by atoms with Gasteiger partial charge in [-0.1, -0.05) is 11.6 Å². The maximum atomic E-state index is 12.5. The van der Waals surface area contributed by atoms with E-state index >= 15 is 0 Å². The molecule has 0 aliphatic carbocycles. The van der Waals surface area contributed by atoms with Crippen LogP contribution in [0.25, 0.3) is 21.8 Å². The molecule has 0 bridgehead atoms. The molecular formula is C18H16N4O. The molecular weight excluding hydrogens is 288 g/mol. The average Bonchev–Trinajstić information content (AvgIpc) is 3.08. The minimum atomic E-state index is -0.214. The topological polar surface area (TPSA) is 73.6 Å². The lowest BCUT2D eigenvalue weighted by Gasteiger charge is -2.04. The molecule has 3 N–H and O–H groups in total. The molecule has 23 heavy (non-hydrogen) atoms. The Morgan fingerprint density at radius 3 is 2.74 bits per heavy atom. The number of hydrogen-bond donors (Lipinski definition) is 3. The van der Waals surface area contributed by atoms with E-state index in [9.17, 15) is 4.79 Å². The van der Waals surface area contributed by atoms with Crippen molar-refractivity contribution >= 4 is 33.4 Å². The number of aryl methyl sites for hydroxylation is 2. The van der Waals surface area contributed by atoms with E-state index in [1.54, 1.807) is 0 Å². The summed E-state index contributed by atoms with van der Waals surface area (Å²) in [4.78, 5) is 15.8. The SMILES string of the molecule is Cc1ccc2[nH]nc(C(=O)Nc3ccc4[nH]c(C)cc4c3)c2c1. The van der Waals surface area contributed by atoms with Gasteiger partial charge in [-0.05, 0) is 50.2 Å². The van der Waals surface area contributed by atoms with Crippen molar-refractivity contribution in [3.63, 3.8) is 0 Å². The van der Waals surface area contributed by atoms with Crippen molar-refractivity contribution in [1.82, 2.24) is 15.2 Å². The fourth-order valence-corrected chi connectivity index (χ4v) is 2.85. The first-order chi connectivity index (χ1) is 11.1. The monoisotopic (exact) mass is 304 g/mol. The number of anilines is 1. The Morgan fingerprint density at radius 2 is 1.87 bits per heavy atom. The first-order valence-electron chi connectivity index (χ1n) is 7.45. The van der Waals surface area contributed by atoms with E-state index in [0.29, 0.717) is 5.69 Å². The Kier molecular flexibility index (Phi) is 2.94. The summed E-state index contributed by atoms with van der Waals surface area (Å²) >= 11 is 0. The first-order valence-corrected chi connectivity index (χ1v) is 7.45. The third kappa shape index (κ3) is 2.36. The van der Waals surface area contributed by atoms with Crippen LogP contribution in [-0.2, 0) is 0 Å². The largest absolute Gasteiger partial charge is 0.359 e. The van der Waals surface area contributed by atoms with Crippen LogP contribution in [0.5, 0.6) is 0 Å². The zero-order chi connectivity index (χ0) is 16.0. The van der Waals surface area contributed by atoms with Crippen LogP contribution < -0.4 is 5.32 Å². The number of nitrogens with one attached hydrogen (secondary N) is 3. The molecule has 4 rings (SSSR count). The second-order valence-electron chi connectivity index (χ2n) is 5.83. The fourth-order valence-electron chi connectivity index (χ4n) is 2.85. The lowest BCUT2D eigenvalue weighted by molar-refractivity contribution is 0.102. The summed E-state index contributed by atoms with van der Waals surface area (Å²) in [6.07, 6.45) is 0. The van der Waals surface area contributed by atoms with Crippen molar-refractivity contribution in [2.75, 3.05) is 5.32 Å². The standard InChI is InChI=1S/C18H16N4O/c1-10-3-5-16-14(7-10)17(22-21-16)18(23)20-13-4-6-15-12(9-13)8-11(2)19-15/h3-9,19H,1-2H3,(H,20,23)(H,21,22). The lowest BCUT2D eigenvalue weighted by Crippen LogP contribution is -2.12. The van der Waals surface area contributed by atoms with E-state index in [2.05, 4.69) is 26.6 Å². The van der Waals surface area contributed by atoms with E-state index in [1.165, 1.54) is 0 Å². The smallest absolute Gasteiger partial charge is 0.276 e. The summed E-state index contributed by atoms with van der Waals surface area (Å²) in [7, 11) is 0. The van der Waals surface area contributed by atoms with Gasteiger partial charge in [0.05, 0.1) is 5.52 Å². The predicted molar refractivity (Wildman–Crippen MR) is 91.8 cm³/mol. The van der Waals surface area contributed by atoms with Crippen LogP contribution in [-0.4, -0.2) is 21.1 Å². The third-order valence-electron chi connectivity index (χ3n) is 3.95. The maximum absolute atomic E-state index is 12.5. The highest BCUT2D eigenvalue weighted by atomic mass is 16.1. The van der Waals surface area contributed by atoms with E-state index in [0.717, 1.165) is 38.8 Å². The fraction of sp³-hybridized carbons (Fsp3) is 0.111. The molecule has 2 aromatic heterocycles. The Bertz CT molecular complexity index is 1040. The molecule has 4 aromatic rings. The van der Waals surface area contributed by atoms with Crippen LogP contribution >= 0.6 is 0 Å². The molecule has 1 amide bonds. The summed E-state index contributed by atoms with van der Waals surface area (Å²) in [5.74, 6) is -0.214. The maximum Gasteiger partial charge on any atom is 0.276 e. The average molecular weight is 304 g/mol. The summed E-state index contributed by atoms with van der Waals surface area (Å²) in [5, 5.41) is 11.9. The minimum Gasteiger partial charge on any atom is -0.359 e. The molecule has 5 heteroatoms. The van der Waals surface area contributed by atoms with Crippen LogP contribution in [0.1, 0.15) is 21.7 Å². The number of nitrogens with zero attached hydrogens (tertiary/aromatic N) is 1. The van der Waals surface area contributed by atoms with Crippen LogP contribution in [0.15, 0.2) is 42.5 Å². The van der Waals surface area contributed by atoms with E-state index in [-0.39, 0.29) is 5.91 Å². The van der Waals surface area contributed by atoms with E-state index < -0.39 is 0 Å². The van der Waals surface area contributed by atoms with Gasteiger partial charge in [0, 0.05) is 27.7 Å². The first kappa shape index (κ1) is 13.6. The van der Waals surface area contributed by atoms with Crippen molar-refractivity contribution in [2.24, 2.45) is 0 Å². The van der Waals surface area contributed by atoms with Gasteiger partial charge in [-0.25, -0.2) is 0 Å². The molecule has 0 atom stereocenters. The minimum absolute atomic E-state index is 0.214. The quantitative estimate of drug-likeness (QED) is 0.525. The molecule has 0 aliphatic rings. The number of rotatable bonds is 2. The number of fused-ring (bicyclic) bond motifs is 2. The highest BCUT2D eigenvalue weighted by molar-refractivity contribution is 6.11. The van der Waals surface area contributed by atoms with Crippen LogP contribution in [0, 0.1) is 13.8 Å². The molecule has 5 nitrogen and oxygen atoms in total. The molecule has 114 valence electrons. The summed E-state index contributed by atoms with van der Waals surface area (Å²) in [5.41, 5.74) is 5.27. The molecule has 0 spiro atoms. The summed E-state index contributed by atoms with van der Waals surface area (Å²) < 4.78 is 0. The Balaban J connectivity index is 1.68. The molecule has 0 aliphatic heterocycles. The highest BCUT2D eigenvalue weighted by Crippen LogP contribution is 2.22. The van der Waals surface area contributed by atoms with Gasteiger partial charge < -0.3 is 10.3 Å².